The van der Waals surface area contributed by atoms with Crippen LogP contribution in [0.3, 0.4) is 0 Å². The van der Waals surface area contributed by atoms with Crippen LogP contribution in [0.2, 0.25) is 0 Å². The molecule has 2 rings (SSSR count). The van der Waals surface area contributed by atoms with Gasteiger partial charge in [-0.1, -0.05) is 13.0 Å². The first-order valence-electron chi connectivity index (χ1n) is 5.87. The molecule has 1 heterocycles. The van der Waals surface area contributed by atoms with Gasteiger partial charge in [-0.15, -0.1) is 0 Å². The first-order chi connectivity index (χ1) is 8.20. The first kappa shape index (κ1) is 12.0. The number of rotatable bonds is 5. The Balaban J connectivity index is 2.18. The molecule has 1 unspecified atom stereocenters. The molecule has 0 saturated heterocycles. The molecule has 0 amide bonds. The van der Waals surface area contributed by atoms with Crippen molar-refractivity contribution in [1.82, 2.24) is 4.98 Å². The van der Waals surface area contributed by atoms with Gasteiger partial charge in [0.2, 0.25) is 0 Å². The van der Waals surface area contributed by atoms with Crippen molar-refractivity contribution in [1.29, 1.82) is 0 Å². The third-order valence-electron chi connectivity index (χ3n) is 2.73. The van der Waals surface area contributed by atoms with Crippen molar-refractivity contribution in [3.8, 4) is 5.75 Å². The van der Waals surface area contributed by atoms with Crippen LogP contribution in [0.1, 0.15) is 19.0 Å². The van der Waals surface area contributed by atoms with Gasteiger partial charge in [0.15, 0.2) is 0 Å². The van der Waals surface area contributed by atoms with Crippen LogP contribution >= 0.6 is 0 Å². The van der Waals surface area contributed by atoms with Crippen molar-refractivity contribution in [2.24, 2.45) is 5.73 Å². The van der Waals surface area contributed by atoms with E-state index in [4.69, 9.17) is 15.6 Å². The molecule has 4 nitrogen and oxygen atoms in total. The highest BCUT2D eigenvalue weighted by atomic mass is 16.5. The molecule has 17 heavy (non-hydrogen) atoms. The van der Waals surface area contributed by atoms with E-state index in [0.29, 0.717) is 13.0 Å². The van der Waals surface area contributed by atoms with Gasteiger partial charge in [0, 0.05) is 23.0 Å². The van der Waals surface area contributed by atoms with Crippen LogP contribution in [0.25, 0.3) is 10.9 Å². The lowest BCUT2D eigenvalue weighted by atomic mass is 10.2. The highest BCUT2D eigenvalue weighted by Gasteiger charge is 2.06. The van der Waals surface area contributed by atoms with Gasteiger partial charge < -0.3 is 20.6 Å². The molecule has 0 aliphatic carbocycles. The molecule has 0 saturated carbocycles. The summed E-state index contributed by atoms with van der Waals surface area (Å²) in [6, 6.07) is 8.01. The number of benzene rings is 1. The third-order valence-corrected chi connectivity index (χ3v) is 2.73. The second kappa shape index (κ2) is 5.21. The largest absolute Gasteiger partial charge is 0.493 e. The summed E-state index contributed by atoms with van der Waals surface area (Å²) in [6.07, 6.45) is 0.587. The van der Waals surface area contributed by atoms with Crippen LogP contribution in [-0.4, -0.2) is 22.9 Å². The number of aliphatic hydroxyl groups is 1. The van der Waals surface area contributed by atoms with E-state index in [0.717, 1.165) is 23.1 Å². The number of nitrogens with one attached hydrogen (secondary N) is 1. The molecule has 0 radical (unpaired) electrons. The quantitative estimate of drug-likeness (QED) is 0.690. The minimum Gasteiger partial charge on any atom is -0.493 e. The van der Waals surface area contributed by atoms with E-state index in [1.165, 1.54) is 5.69 Å². The highest BCUT2D eigenvalue weighted by Crippen LogP contribution is 2.26. The standard InChI is InChI=1S/C13H18N2O2/c1-2-9-8-10-11(15-9)4-3-5-12(10)17-7-6-13(14)16/h3-5,8,13,15-16H,2,6-7,14H2,1H3. The summed E-state index contributed by atoms with van der Waals surface area (Å²) in [5.41, 5.74) is 7.53. The Bertz CT molecular complexity index is 491. The summed E-state index contributed by atoms with van der Waals surface area (Å²) in [4.78, 5) is 3.33. The molecule has 0 bridgehead atoms. The molecule has 1 aromatic carbocycles. The molecule has 4 N–H and O–H groups in total. The topological polar surface area (TPSA) is 71.3 Å². The van der Waals surface area contributed by atoms with Crippen molar-refractivity contribution < 1.29 is 9.84 Å². The molecule has 0 fully saturated rings. The number of aryl methyl sites for hydroxylation is 1. The molecular formula is C13H18N2O2. The van der Waals surface area contributed by atoms with Gasteiger partial charge in [-0.2, -0.15) is 0 Å². The fourth-order valence-corrected chi connectivity index (χ4v) is 1.79. The number of aromatic amines is 1. The van der Waals surface area contributed by atoms with Crippen LogP contribution < -0.4 is 10.5 Å². The van der Waals surface area contributed by atoms with Gasteiger partial charge in [0.1, 0.15) is 12.0 Å². The Labute approximate surface area is 100 Å². The summed E-state index contributed by atoms with van der Waals surface area (Å²) >= 11 is 0. The fourth-order valence-electron chi connectivity index (χ4n) is 1.79. The summed E-state index contributed by atoms with van der Waals surface area (Å²) in [7, 11) is 0. The van der Waals surface area contributed by atoms with Crippen LogP contribution in [0.4, 0.5) is 0 Å². The van der Waals surface area contributed by atoms with E-state index in [1.807, 2.05) is 18.2 Å². The van der Waals surface area contributed by atoms with E-state index in [9.17, 15) is 0 Å². The zero-order valence-electron chi connectivity index (χ0n) is 9.94. The van der Waals surface area contributed by atoms with Crippen LogP contribution in [0.5, 0.6) is 5.75 Å². The predicted molar refractivity (Wildman–Crippen MR) is 68.0 cm³/mol. The molecule has 4 heteroatoms. The van der Waals surface area contributed by atoms with Gasteiger partial charge in [-0.3, -0.25) is 0 Å². The Morgan fingerprint density at radius 2 is 2.29 bits per heavy atom. The maximum absolute atomic E-state index is 8.98. The first-order valence-corrected chi connectivity index (χ1v) is 5.87. The molecular weight excluding hydrogens is 216 g/mol. The molecule has 0 aliphatic heterocycles. The Morgan fingerprint density at radius 3 is 3.00 bits per heavy atom. The number of ether oxygens (including phenoxy) is 1. The van der Waals surface area contributed by atoms with E-state index in [-0.39, 0.29) is 0 Å². The monoisotopic (exact) mass is 234 g/mol. The Kier molecular flexibility index (Phi) is 3.66. The molecule has 0 aliphatic rings. The average molecular weight is 234 g/mol. The van der Waals surface area contributed by atoms with Crippen molar-refractivity contribution in [3.05, 3.63) is 30.0 Å². The molecule has 1 atom stereocenters. The lowest BCUT2D eigenvalue weighted by Crippen LogP contribution is -2.21. The smallest absolute Gasteiger partial charge is 0.128 e. The van der Waals surface area contributed by atoms with Gasteiger partial charge in [0.05, 0.1) is 6.61 Å². The fraction of sp³-hybridized carbons (Fsp3) is 0.385. The third kappa shape index (κ3) is 2.78. The van der Waals surface area contributed by atoms with Crippen LogP contribution in [0, 0.1) is 0 Å². The second-order valence-electron chi connectivity index (χ2n) is 4.07. The number of hydrogen-bond donors (Lipinski definition) is 3. The lowest BCUT2D eigenvalue weighted by Gasteiger charge is -2.08. The number of aromatic nitrogens is 1. The molecule has 92 valence electrons. The highest BCUT2D eigenvalue weighted by molar-refractivity contribution is 5.86. The summed E-state index contributed by atoms with van der Waals surface area (Å²) < 4.78 is 5.63. The number of H-pyrrole nitrogens is 1. The minimum absolute atomic E-state index is 0.420. The van der Waals surface area contributed by atoms with Crippen molar-refractivity contribution in [2.75, 3.05) is 6.61 Å². The van der Waals surface area contributed by atoms with E-state index in [2.05, 4.69) is 18.0 Å². The molecule has 0 spiro atoms. The number of nitrogens with two attached hydrogens (primary N) is 1. The Hall–Kier alpha value is -1.52. The normalized spacial score (nSPS) is 12.9. The summed E-state index contributed by atoms with van der Waals surface area (Å²) in [6.45, 7) is 2.53. The van der Waals surface area contributed by atoms with Gasteiger partial charge in [-0.05, 0) is 24.6 Å². The van der Waals surface area contributed by atoms with E-state index < -0.39 is 6.23 Å². The van der Waals surface area contributed by atoms with Crippen LogP contribution in [0.15, 0.2) is 24.3 Å². The van der Waals surface area contributed by atoms with E-state index >= 15 is 0 Å². The zero-order chi connectivity index (χ0) is 12.3. The van der Waals surface area contributed by atoms with E-state index in [1.54, 1.807) is 0 Å². The van der Waals surface area contributed by atoms with Crippen molar-refractivity contribution in [2.45, 2.75) is 26.0 Å². The summed E-state index contributed by atoms with van der Waals surface area (Å²) in [5.74, 6) is 0.833. The summed E-state index contributed by atoms with van der Waals surface area (Å²) in [5, 5.41) is 10.1. The Morgan fingerprint density at radius 1 is 1.47 bits per heavy atom. The number of hydrogen-bond acceptors (Lipinski definition) is 3. The SMILES string of the molecule is CCc1cc2c(OCCC(N)O)cccc2[nH]1. The van der Waals surface area contributed by atoms with Gasteiger partial charge in [0.25, 0.3) is 0 Å². The average Bonchev–Trinajstić information content (AvgIpc) is 2.72. The molecule has 1 aromatic heterocycles. The van der Waals surface area contributed by atoms with Gasteiger partial charge in [-0.25, -0.2) is 0 Å². The van der Waals surface area contributed by atoms with Gasteiger partial charge >= 0.3 is 0 Å². The number of fused-ring (bicyclic) bond motifs is 1. The number of aliphatic hydroxyl groups excluding tert-OH is 1. The predicted octanol–water partition coefficient (Wildman–Crippen LogP) is 1.78. The second-order valence-corrected chi connectivity index (χ2v) is 4.07. The molecule has 2 aromatic rings. The lowest BCUT2D eigenvalue weighted by molar-refractivity contribution is 0.146. The maximum atomic E-state index is 8.98. The maximum Gasteiger partial charge on any atom is 0.128 e. The minimum atomic E-state index is -0.813. The zero-order valence-corrected chi connectivity index (χ0v) is 9.94. The van der Waals surface area contributed by atoms with Crippen LogP contribution in [-0.2, 0) is 6.42 Å². The van der Waals surface area contributed by atoms with Crippen molar-refractivity contribution in [3.63, 3.8) is 0 Å². The van der Waals surface area contributed by atoms with Crippen molar-refractivity contribution >= 4 is 10.9 Å².